The van der Waals surface area contributed by atoms with E-state index in [9.17, 15) is 9.59 Å². The van der Waals surface area contributed by atoms with Gasteiger partial charge >= 0.3 is 5.97 Å². The molecule has 1 aliphatic heterocycles. The molecule has 1 aliphatic rings. The van der Waals surface area contributed by atoms with Crippen LogP contribution < -0.4 is 5.32 Å². The monoisotopic (exact) mass is 339 g/mol. The van der Waals surface area contributed by atoms with E-state index >= 15 is 0 Å². The molecule has 1 amide bonds. The highest BCUT2D eigenvalue weighted by molar-refractivity contribution is 5.97. The molecule has 5 nitrogen and oxygen atoms in total. The van der Waals surface area contributed by atoms with Gasteiger partial charge in [-0.1, -0.05) is 30.3 Å². The number of esters is 1. The van der Waals surface area contributed by atoms with E-state index in [-0.39, 0.29) is 18.0 Å². The van der Waals surface area contributed by atoms with E-state index in [0.29, 0.717) is 37.3 Å². The Kier molecular flexibility index (Phi) is 5.46. The van der Waals surface area contributed by atoms with E-state index in [4.69, 9.17) is 9.47 Å². The van der Waals surface area contributed by atoms with Crippen molar-refractivity contribution in [2.45, 2.75) is 19.4 Å². The summed E-state index contributed by atoms with van der Waals surface area (Å²) in [6, 6.07) is 14.7. The van der Waals surface area contributed by atoms with Gasteiger partial charge in [0.2, 0.25) is 0 Å². The van der Waals surface area contributed by atoms with Gasteiger partial charge in [0.25, 0.3) is 5.91 Å². The van der Waals surface area contributed by atoms with Crippen molar-refractivity contribution in [3.05, 3.63) is 70.8 Å². The van der Waals surface area contributed by atoms with Gasteiger partial charge in [0, 0.05) is 25.1 Å². The van der Waals surface area contributed by atoms with Crippen LogP contribution in [-0.4, -0.2) is 31.6 Å². The zero-order valence-corrected chi connectivity index (χ0v) is 14.2. The molecule has 0 bridgehead atoms. The lowest BCUT2D eigenvalue weighted by molar-refractivity contribution is 0.0252. The second-order valence-corrected chi connectivity index (χ2v) is 5.83. The second-order valence-electron chi connectivity index (χ2n) is 5.83. The van der Waals surface area contributed by atoms with Crippen LogP contribution in [0.3, 0.4) is 0 Å². The predicted molar refractivity (Wildman–Crippen MR) is 93.6 cm³/mol. The van der Waals surface area contributed by atoms with Crippen molar-refractivity contribution in [3.63, 3.8) is 0 Å². The van der Waals surface area contributed by atoms with Crippen LogP contribution in [0.5, 0.6) is 0 Å². The predicted octanol–water partition coefficient (Wildman–Crippen LogP) is 2.91. The Balaban J connectivity index is 1.75. The van der Waals surface area contributed by atoms with Gasteiger partial charge in [0.1, 0.15) is 6.10 Å². The van der Waals surface area contributed by atoms with E-state index in [1.807, 2.05) is 37.3 Å². The summed E-state index contributed by atoms with van der Waals surface area (Å²) in [6.07, 6.45) is 0.239. The third kappa shape index (κ3) is 4.06. The largest absolute Gasteiger partial charge is 0.454 e. The van der Waals surface area contributed by atoms with Gasteiger partial charge in [-0.05, 0) is 36.2 Å². The van der Waals surface area contributed by atoms with Gasteiger partial charge in [-0.3, -0.25) is 4.79 Å². The third-order valence-electron chi connectivity index (χ3n) is 4.15. The molecule has 0 saturated carbocycles. The maximum Gasteiger partial charge on any atom is 0.339 e. The van der Waals surface area contributed by atoms with Crippen molar-refractivity contribution in [2.75, 3.05) is 19.8 Å². The number of hydrogen-bond donors (Lipinski definition) is 1. The van der Waals surface area contributed by atoms with Gasteiger partial charge in [-0.15, -0.1) is 0 Å². The normalized spacial score (nSPS) is 16.0. The highest BCUT2D eigenvalue weighted by Crippen LogP contribution is 2.30. The van der Waals surface area contributed by atoms with E-state index in [2.05, 4.69) is 5.32 Å². The summed E-state index contributed by atoms with van der Waals surface area (Å²) in [5.74, 6) is -0.517. The number of nitrogens with one attached hydrogen (secondary N) is 1. The molecule has 1 atom stereocenters. The summed E-state index contributed by atoms with van der Waals surface area (Å²) in [6.45, 7) is 3.47. The average Bonchev–Trinajstić information content (AvgIpc) is 2.65. The van der Waals surface area contributed by atoms with Crippen molar-refractivity contribution in [3.8, 4) is 0 Å². The first-order chi connectivity index (χ1) is 12.2. The minimum atomic E-state index is -0.349. The Bertz CT molecular complexity index is 758. The molecule has 2 aromatic rings. The summed E-state index contributed by atoms with van der Waals surface area (Å²) < 4.78 is 10.7. The van der Waals surface area contributed by atoms with E-state index in [0.717, 1.165) is 11.1 Å². The molecule has 0 aromatic heterocycles. The second kappa shape index (κ2) is 7.94. The van der Waals surface area contributed by atoms with Crippen LogP contribution in [0.2, 0.25) is 0 Å². The molecule has 0 saturated heterocycles. The van der Waals surface area contributed by atoms with Gasteiger partial charge in [0.05, 0.1) is 12.2 Å². The maximum absolute atomic E-state index is 12.3. The van der Waals surface area contributed by atoms with E-state index < -0.39 is 0 Å². The molecule has 2 aromatic carbocycles. The van der Waals surface area contributed by atoms with Crippen LogP contribution in [0.25, 0.3) is 0 Å². The van der Waals surface area contributed by atoms with Crippen LogP contribution in [0.1, 0.15) is 44.9 Å². The zero-order chi connectivity index (χ0) is 17.6. The number of carbonyl (C=O) groups excluding carboxylic acids is 2. The fourth-order valence-corrected chi connectivity index (χ4v) is 2.87. The molecule has 130 valence electrons. The molecule has 0 aliphatic carbocycles. The van der Waals surface area contributed by atoms with Gasteiger partial charge in [-0.25, -0.2) is 4.79 Å². The minimum absolute atomic E-state index is 0.169. The summed E-state index contributed by atoms with van der Waals surface area (Å²) in [4.78, 5) is 24.5. The fourth-order valence-electron chi connectivity index (χ4n) is 2.87. The first-order valence-corrected chi connectivity index (χ1v) is 8.44. The average molecular weight is 339 g/mol. The minimum Gasteiger partial charge on any atom is -0.454 e. The Morgan fingerprint density at radius 2 is 2.04 bits per heavy atom. The first-order valence-electron chi connectivity index (χ1n) is 8.44. The number of fused-ring (bicyclic) bond motifs is 1. The summed E-state index contributed by atoms with van der Waals surface area (Å²) in [7, 11) is 0. The SMILES string of the molecule is CCOCCNC(=O)c1ccc2c(c1)CC(c1ccccc1)OC2=O. The number of rotatable bonds is 6. The number of carbonyl (C=O) groups is 2. The van der Waals surface area contributed by atoms with Crippen LogP contribution in [0.4, 0.5) is 0 Å². The Labute approximate surface area is 147 Å². The van der Waals surface area contributed by atoms with Crippen LogP contribution >= 0.6 is 0 Å². The summed E-state index contributed by atoms with van der Waals surface area (Å²) in [5.41, 5.74) is 2.85. The third-order valence-corrected chi connectivity index (χ3v) is 4.15. The smallest absolute Gasteiger partial charge is 0.339 e. The lowest BCUT2D eigenvalue weighted by atomic mass is 9.93. The molecule has 3 rings (SSSR count). The Hall–Kier alpha value is -2.66. The van der Waals surface area contributed by atoms with Crippen molar-refractivity contribution >= 4 is 11.9 Å². The summed E-state index contributed by atoms with van der Waals surface area (Å²) in [5, 5.41) is 2.81. The number of hydrogen-bond acceptors (Lipinski definition) is 4. The van der Waals surface area contributed by atoms with Crippen LogP contribution in [0.15, 0.2) is 48.5 Å². The van der Waals surface area contributed by atoms with Crippen LogP contribution in [-0.2, 0) is 15.9 Å². The molecular weight excluding hydrogens is 318 g/mol. The number of benzene rings is 2. The molecular formula is C20H21NO4. The Morgan fingerprint density at radius 1 is 1.24 bits per heavy atom. The molecule has 5 heteroatoms. The molecule has 1 N–H and O–H groups in total. The highest BCUT2D eigenvalue weighted by atomic mass is 16.5. The lowest BCUT2D eigenvalue weighted by Crippen LogP contribution is -2.28. The van der Waals surface area contributed by atoms with E-state index in [1.165, 1.54) is 0 Å². The molecule has 0 radical (unpaired) electrons. The van der Waals surface area contributed by atoms with Gasteiger partial charge < -0.3 is 14.8 Å². The van der Waals surface area contributed by atoms with Crippen molar-refractivity contribution in [1.29, 1.82) is 0 Å². The molecule has 0 spiro atoms. The topological polar surface area (TPSA) is 64.6 Å². The molecule has 1 unspecified atom stereocenters. The number of amides is 1. The van der Waals surface area contributed by atoms with Crippen LogP contribution in [0, 0.1) is 0 Å². The maximum atomic E-state index is 12.3. The van der Waals surface area contributed by atoms with Crippen molar-refractivity contribution in [1.82, 2.24) is 5.32 Å². The fraction of sp³-hybridized carbons (Fsp3) is 0.300. The standard InChI is InChI=1S/C20H21NO4/c1-2-24-11-10-21-19(22)15-8-9-17-16(12-15)13-18(25-20(17)23)14-6-4-3-5-7-14/h3-9,12,18H,2,10-11,13H2,1H3,(H,21,22). The first kappa shape index (κ1) is 17.2. The van der Waals surface area contributed by atoms with Gasteiger partial charge in [-0.2, -0.15) is 0 Å². The zero-order valence-electron chi connectivity index (χ0n) is 14.2. The quantitative estimate of drug-likeness (QED) is 0.649. The molecule has 25 heavy (non-hydrogen) atoms. The number of ether oxygens (including phenoxy) is 2. The molecule has 1 heterocycles. The number of cyclic esters (lactones) is 1. The van der Waals surface area contributed by atoms with E-state index in [1.54, 1.807) is 18.2 Å². The molecule has 0 fully saturated rings. The Morgan fingerprint density at radius 3 is 2.80 bits per heavy atom. The summed E-state index contributed by atoms with van der Waals surface area (Å²) >= 11 is 0. The van der Waals surface area contributed by atoms with Crippen molar-refractivity contribution in [2.24, 2.45) is 0 Å². The van der Waals surface area contributed by atoms with Gasteiger partial charge in [0.15, 0.2) is 0 Å². The van der Waals surface area contributed by atoms with Crippen molar-refractivity contribution < 1.29 is 19.1 Å². The lowest BCUT2D eigenvalue weighted by Gasteiger charge is -2.25. The highest BCUT2D eigenvalue weighted by Gasteiger charge is 2.28.